The van der Waals surface area contributed by atoms with Gasteiger partial charge in [0.25, 0.3) is 10.0 Å². The molecule has 0 unspecified atom stereocenters. The molecule has 1 aliphatic rings. The largest absolute Gasteiger partial charge is 0.294 e. The molecular weight excluding hydrogens is 296 g/mol. The predicted octanol–water partition coefficient (Wildman–Crippen LogP) is 2.23. The Hall–Kier alpha value is -1.73. The van der Waals surface area contributed by atoms with Crippen LogP contribution in [-0.2, 0) is 10.0 Å². The highest BCUT2D eigenvalue weighted by atomic mass is 32.2. The predicted molar refractivity (Wildman–Crippen MR) is 76.8 cm³/mol. The molecule has 3 rings (SSSR count). The highest BCUT2D eigenvalue weighted by Crippen LogP contribution is 2.33. The van der Waals surface area contributed by atoms with Crippen LogP contribution in [0.5, 0.6) is 0 Å². The van der Waals surface area contributed by atoms with Gasteiger partial charge in [-0.1, -0.05) is 12.1 Å². The van der Waals surface area contributed by atoms with Crippen LogP contribution in [-0.4, -0.2) is 25.7 Å². The van der Waals surface area contributed by atoms with Gasteiger partial charge in [0.05, 0.1) is 16.9 Å². The number of anilines is 1. The molecule has 1 aromatic carbocycles. The lowest BCUT2D eigenvalue weighted by atomic mass is 10.0. The summed E-state index contributed by atoms with van der Waals surface area (Å²) >= 11 is 1.14. The number of aryl methyl sites for hydroxylation is 1. The fourth-order valence-electron chi connectivity index (χ4n) is 2.20. The number of aromatic nitrogens is 1. The fraction of sp³-hybridized carbons (Fsp3) is 0.231. The smallest absolute Gasteiger partial charge is 0.275 e. The first-order chi connectivity index (χ1) is 9.50. The number of carbonyl (C=O) groups excluding carboxylic acids is 1. The first kappa shape index (κ1) is 13.3. The molecule has 1 aliphatic heterocycles. The van der Waals surface area contributed by atoms with Crippen LogP contribution >= 0.6 is 11.3 Å². The molecule has 104 valence electrons. The summed E-state index contributed by atoms with van der Waals surface area (Å²) < 4.78 is 26.8. The Balaban J connectivity index is 2.12. The monoisotopic (exact) mass is 308 g/mol. The van der Waals surface area contributed by atoms with Crippen LogP contribution < -0.4 is 4.31 Å². The van der Waals surface area contributed by atoms with E-state index >= 15 is 0 Å². The normalized spacial score (nSPS) is 15.2. The van der Waals surface area contributed by atoms with E-state index < -0.39 is 10.0 Å². The SMILES string of the molecule is Cc1ncc(S(=O)(=O)N2CCC(=O)c3ccccc32)s1. The molecule has 0 amide bonds. The molecule has 0 spiro atoms. The number of hydrogen-bond donors (Lipinski definition) is 0. The van der Waals surface area contributed by atoms with E-state index in [1.54, 1.807) is 31.2 Å². The summed E-state index contributed by atoms with van der Waals surface area (Å²) in [6, 6.07) is 6.80. The molecule has 2 aromatic rings. The second kappa shape index (κ2) is 4.68. The van der Waals surface area contributed by atoms with Crippen LogP contribution in [0.1, 0.15) is 21.8 Å². The van der Waals surface area contributed by atoms with E-state index in [1.165, 1.54) is 10.5 Å². The van der Waals surface area contributed by atoms with Crippen molar-refractivity contribution in [3.63, 3.8) is 0 Å². The van der Waals surface area contributed by atoms with E-state index in [2.05, 4.69) is 4.98 Å². The Morgan fingerprint density at radius 3 is 2.75 bits per heavy atom. The van der Waals surface area contributed by atoms with E-state index in [4.69, 9.17) is 0 Å². The number of Topliss-reactive ketones (excluding diaryl/α,β-unsaturated/α-hetero) is 1. The Labute approximate surface area is 120 Å². The fourth-order valence-corrected chi connectivity index (χ4v) is 4.91. The number of hydrogen-bond acceptors (Lipinski definition) is 5. The molecule has 0 bridgehead atoms. The summed E-state index contributed by atoms with van der Waals surface area (Å²) in [7, 11) is -3.64. The summed E-state index contributed by atoms with van der Waals surface area (Å²) in [5.74, 6) is -0.0208. The maximum absolute atomic E-state index is 12.7. The van der Waals surface area contributed by atoms with Gasteiger partial charge in [0.15, 0.2) is 9.99 Å². The van der Waals surface area contributed by atoms with Crippen molar-refractivity contribution in [2.75, 3.05) is 10.8 Å². The average molecular weight is 308 g/mol. The van der Waals surface area contributed by atoms with E-state index in [0.29, 0.717) is 16.3 Å². The minimum absolute atomic E-state index is 0.0208. The van der Waals surface area contributed by atoms with Crippen molar-refractivity contribution in [3.8, 4) is 0 Å². The number of thiazole rings is 1. The van der Waals surface area contributed by atoms with Crippen LogP contribution in [0.2, 0.25) is 0 Å². The number of rotatable bonds is 2. The Bertz CT molecular complexity index is 780. The zero-order valence-electron chi connectivity index (χ0n) is 10.7. The van der Waals surface area contributed by atoms with Gasteiger partial charge >= 0.3 is 0 Å². The Morgan fingerprint density at radius 1 is 1.30 bits per heavy atom. The lowest BCUT2D eigenvalue weighted by Crippen LogP contribution is -2.37. The van der Waals surface area contributed by atoms with Gasteiger partial charge in [-0.15, -0.1) is 11.3 Å². The molecular formula is C13H12N2O3S2. The van der Waals surface area contributed by atoms with Gasteiger partial charge in [-0.2, -0.15) is 0 Å². The van der Waals surface area contributed by atoms with Crippen LogP contribution in [0.25, 0.3) is 0 Å². The molecule has 0 saturated heterocycles. The number of benzene rings is 1. The Morgan fingerprint density at radius 2 is 2.05 bits per heavy atom. The van der Waals surface area contributed by atoms with Gasteiger partial charge in [0.1, 0.15) is 0 Å². The molecule has 0 N–H and O–H groups in total. The topological polar surface area (TPSA) is 67.3 Å². The third-order valence-electron chi connectivity index (χ3n) is 3.16. The second-order valence-corrected chi connectivity index (χ2v) is 7.79. The van der Waals surface area contributed by atoms with Crippen molar-refractivity contribution in [2.45, 2.75) is 17.6 Å². The molecule has 0 aliphatic carbocycles. The van der Waals surface area contributed by atoms with E-state index in [-0.39, 0.29) is 23.0 Å². The van der Waals surface area contributed by atoms with Crippen molar-refractivity contribution >= 4 is 32.8 Å². The summed E-state index contributed by atoms with van der Waals surface area (Å²) in [4.78, 5) is 15.9. The van der Waals surface area contributed by atoms with Crippen LogP contribution in [0.4, 0.5) is 5.69 Å². The Kier molecular flexibility index (Phi) is 3.10. The number of ketones is 1. The number of nitrogens with zero attached hydrogens (tertiary/aromatic N) is 2. The van der Waals surface area contributed by atoms with Crippen LogP contribution in [0.3, 0.4) is 0 Å². The quantitative estimate of drug-likeness (QED) is 0.853. The molecule has 20 heavy (non-hydrogen) atoms. The zero-order valence-corrected chi connectivity index (χ0v) is 12.4. The van der Waals surface area contributed by atoms with E-state index in [0.717, 1.165) is 11.3 Å². The summed E-state index contributed by atoms with van der Waals surface area (Å²) in [6.07, 6.45) is 1.57. The first-order valence-electron chi connectivity index (χ1n) is 6.07. The van der Waals surface area contributed by atoms with Gasteiger partial charge in [-0.25, -0.2) is 13.4 Å². The van der Waals surface area contributed by atoms with Crippen molar-refractivity contribution in [1.29, 1.82) is 0 Å². The molecule has 0 atom stereocenters. The first-order valence-corrected chi connectivity index (χ1v) is 8.33. The molecule has 7 heteroatoms. The standard InChI is InChI=1S/C13H12N2O3S2/c1-9-14-8-13(19-9)20(17,18)15-7-6-12(16)10-4-2-3-5-11(10)15/h2-5,8H,6-7H2,1H3. The lowest BCUT2D eigenvalue weighted by molar-refractivity contribution is 0.0982. The number of fused-ring (bicyclic) bond motifs is 1. The molecule has 2 heterocycles. The maximum Gasteiger partial charge on any atom is 0.275 e. The van der Waals surface area contributed by atoms with Crippen molar-refractivity contribution in [2.24, 2.45) is 0 Å². The van der Waals surface area contributed by atoms with Gasteiger partial charge < -0.3 is 0 Å². The highest BCUT2D eigenvalue weighted by molar-refractivity contribution is 7.94. The highest BCUT2D eigenvalue weighted by Gasteiger charge is 2.33. The molecule has 0 fully saturated rings. The molecule has 5 nitrogen and oxygen atoms in total. The zero-order chi connectivity index (χ0) is 14.3. The number of sulfonamides is 1. The minimum Gasteiger partial charge on any atom is -0.294 e. The average Bonchev–Trinajstić information content (AvgIpc) is 2.87. The van der Waals surface area contributed by atoms with Crippen molar-refractivity contribution in [1.82, 2.24) is 4.98 Å². The summed E-state index contributed by atoms with van der Waals surface area (Å²) in [6.45, 7) is 1.94. The minimum atomic E-state index is -3.64. The van der Waals surface area contributed by atoms with Gasteiger partial charge in [-0.05, 0) is 19.1 Å². The third-order valence-corrected chi connectivity index (χ3v) is 6.32. The van der Waals surface area contributed by atoms with Crippen molar-refractivity contribution < 1.29 is 13.2 Å². The van der Waals surface area contributed by atoms with E-state index in [1.807, 2.05) is 0 Å². The third kappa shape index (κ3) is 2.03. The van der Waals surface area contributed by atoms with E-state index in [9.17, 15) is 13.2 Å². The molecule has 0 saturated carbocycles. The van der Waals surface area contributed by atoms with Gasteiger partial charge in [0.2, 0.25) is 0 Å². The summed E-state index contributed by atoms with van der Waals surface area (Å²) in [5, 5.41) is 0.699. The number of para-hydroxylation sites is 1. The van der Waals surface area contributed by atoms with Crippen LogP contribution in [0.15, 0.2) is 34.7 Å². The summed E-state index contributed by atoms with van der Waals surface area (Å²) in [5.41, 5.74) is 0.915. The van der Waals surface area contributed by atoms with Gasteiger partial charge in [-0.3, -0.25) is 9.10 Å². The molecule has 0 radical (unpaired) electrons. The molecule has 1 aromatic heterocycles. The maximum atomic E-state index is 12.7. The van der Waals surface area contributed by atoms with Crippen LogP contribution in [0, 0.1) is 6.92 Å². The lowest BCUT2D eigenvalue weighted by Gasteiger charge is -2.28. The van der Waals surface area contributed by atoms with Gasteiger partial charge in [0, 0.05) is 18.5 Å². The second-order valence-electron chi connectivity index (χ2n) is 4.47. The van der Waals surface area contributed by atoms with Crippen molar-refractivity contribution in [3.05, 3.63) is 41.0 Å². The number of carbonyl (C=O) groups is 1.